The van der Waals surface area contributed by atoms with Gasteiger partial charge < -0.3 is 9.42 Å². The van der Waals surface area contributed by atoms with E-state index in [0.717, 1.165) is 23.5 Å². The molecule has 3 rings (SSSR count). The lowest BCUT2D eigenvalue weighted by molar-refractivity contribution is 0.0979. The molecule has 19 heavy (non-hydrogen) atoms. The van der Waals surface area contributed by atoms with Crippen LogP contribution in [0, 0.1) is 0 Å². The average Bonchev–Trinajstić information content (AvgIpc) is 2.90. The number of fused-ring (bicyclic) bond motifs is 1. The van der Waals surface area contributed by atoms with E-state index in [9.17, 15) is 4.79 Å². The Morgan fingerprint density at radius 2 is 2.21 bits per heavy atom. The maximum Gasteiger partial charge on any atom is 0.246 e. The molecule has 0 unspecified atom stereocenters. The molecule has 0 saturated carbocycles. The van der Waals surface area contributed by atoms with Gasteiger partial charge in [0.25, 0.3) is 0 Å². The lowest BCUT2D eigenvalue weighted by Crippen LogP contribution is -2.31. The third-order valence-electron chi connectivity index (χ3n) is 3.31. The summed E-state index contributed by atoms with van der Waals surface area (Å²) in [6.07, 6.45) is 1.30. The van der Waals surface area contributed by atoms with Crippen molar-refractivity contribution in [3.63, 3.8) is 0 Å². The Kier molecular flexibility index (Phi) is 3.03. The van der Waals surface area contributed by atoms with Gasteiger partial charge in [0.1, 0.15) is 0 Å². The third-order valence-corrected chi connectivity index (χ3v) is 3.31. The SMILES string of the molecule is CCc1noc(CN2CCC(=O)c3ccccc32)n1. The fourth-order valence-electron chi connectivity index (χ4n) is 2.30. The van der Waals surface area contributed by atoms with Crippen LogP contribution in [0.4, 0.5) is 5.69 Å². The lowest BCUT2D eigenvalue weighted by Gasteiger charge is -2.29. The van der Waals surface area contributed by atoms with Crippen molar-refractivity contribution in [2.24, 2.45) is 0 Å². The number of aromatic nitrogens is 2. The van der Waals surface area contributed by atoms with Crippen molar-refractivity contribution in [2.75, 3.05) is 11.4 Å². The fraction of sp³-hybridized carbons (Fsp3) is 0.357. The Balaban J connectivity index is 1.86. The zero-order valence-corrected chi connectivity index (χ0v) is 10.8. The van der Waals surface area contributed by atoms with Gasteiger partial charge in [0.15, 0.2) is 11.6 Å². The summed E-state index contributed by atoms with van der Waals surface area (Å²) in [6, 6.07) is 7.66. The topological polar surface area (TPSA) is 59.2 Å². The lowest BCUT2D eigenvalue weighted by atomic mass is 10.0. The van der Waals surface area contributed by atoms with E-state index in [2.05, 4.69) is 15.0 Å². The quantitative estimate of drug-likeness (QED) is 0.843. The number of anilines is 1. The van der Waals surface area contributed by atoms with E-state index in [4.69, 9.17) is 4.52 Å². The molecular formula is C14H15N3O2. The van der Waals surface area contributed by atoms with Gasteiger partial charge in [0, 0.05) is 30.6 Å². The molecule has 0 atom stereocenters. The van der Waals surface area contributed by atoms with Gasteiger partial charge in [-0.05, 0) is 12.1 Å². The zero-order valence-electron chi connectivity index (χ0n) is 10.8. The highest BCUT2D eigenvalue weighted by atomic mass is 16.5. The molecule has 0 bridgehead atoms. The molecule has 1 aliphatic rings. The van der Waals surface area contributed by atoms with E-state index in [-0.39, 0.29) is 5.78 Å². The van der Waals surface area contributed by atoms with Gasteiger partial charge in [-0.15, -0.1) is 0 Å². The first kappa shape index (κ1) is 11.9. The minimum absolute atomic E-state index is 0.201. The Bertz CT molecular complexity index is 606. The number of hydrogen-bond donors (Lipinski definition) is 0. The second-order valence-corrected chi connectivity index (χ2v) is 4.57. The molecule has 1 aromatic heterocycles. The summed E-state index contributed by atoms with van der Waals surface area (Å²) in [6.45, 7) is 3.24. The number of ketones is 1. The molecule has 0 aliphatic carbocycles. The van der Waals surface area contributed by atoms with Crippen LogP contribution in [0.25, 0.3) is 0 Å². The van der Waals surface area contributed by atoms with E-state index < -0.39 is 0 Å². The number of carbonyl (C=O) groups excluding carboxylic acids is 1. The van der Waals surface area contributed by atoms with Crippen molar-refractivity contribution in [3.8, 4) is 0 Å². The number of rotatable bonds is 3. The first-order valence-corrected chi connectivity index (χ1v) is 6.46. The normalized spacial score (nSPS) is 14.6. The molecule has 0 amide bonds. The monoisotopic (exact) mass is 257 g/mol. The number of nitrogens with zero attached hydrogens (tertiary/aromatic N) is 3. The smallest absolute Gasteiger partial charge is 0.246 e. The molecule has 2 aromatic rings. The number of hydrogen-bond acceptors (Lipinski definition) is 5. The molecule has 5 heteroatoms. The first-order chi connectivity index (χ1) is 9.28. The van der Waals surface area contributed by atoms with Gasteiger partial charge in [-0.3, -0.25) is 4.79 Å². The molecule has 0 saturated heterocycles. The van der Waals surface area contributed by atoms with Crippen LogP contribution in [0.2, 0.25) is 0 Å². The first-order valence-electron chi connectivity index (χ1n) is 6.46. The van der Waals surface area contributed by atoms with Crippen LogP contribution in [-0.2, 0) is 13.0 Å². The molecule has 0 radical (unpaired) electrons. The summed E-state index contributed by atoms with van der Waals surface area (Å²) in [5, 5.41) is 3.89. The van der Waals surface area contributed by atoms with E-state index in [1.807, 2.05) is 31.2 Å². The van der Waals surface area contributed by atoms with Crippen LogP contribution in [0.3, 0.4) is 0 Å². The van der Waals surface area contributed by atoms with Crippen molar-refractivity contribution in [3.05, 3.63) is 41.5 Å². The van der Waals surface area contributed by atoms with Crippen molar-refractivity contribution in [1.82, 2.24) is 10.1 Å². The van der Waals surface area contributed by atoms with Gasteiger partial charge in [-0.1, -0.05) is 24.2 Å². The van der Waals surface area contributed by atoms with Crippen LogP contribution < -0.4 is 4.90 Å². The van der Waals surface area contributed by atoms with Crippen LogP contribution in [0.1, 0.15) is 35.4 Å². The van der Waals surface area contributed by atoms with Crippen LogP contribution in [0.5, 0.6) is 0 Å². The molecule has 98 valence electrons. The second kappa shape index (κ2) is 4.84. The molecule has 5 nitrogen and oxygen atoms in total. The molecule has 0 spiro atoms. The van der Waals surface area contributed by atoms with Crippen LogP contribution >= 0.6 is 0 Å². The zero-order chi connectivity index (χ0) is 13.2. The number of Topliss-reactive ketones (excluding diaryl/α,β-unsaturated/α-hetero) is 1. The van der Waals surface area contributed by atoms with E-state index >= 15 is 0 Å². The number of para-hydroxylation sites is 1. The maximum absolute atomic E-state index is 11.9. The molecule has 1 aromatic carbocycles. The highest BCUT2D eigenvalue weighted by molar-refractivity contribution is 6.03. The maximum atomic E-state index is 11.9. The van der Waals surface area contributed by atoms with Crippen molar-refractivity contribution in [2.45, 2.75) is 26.3 Å². The average molecular weight is 257 g/mol. The molecule has 1 aliphatic heterocycles. The van der Waals surface area contributed by atoms with Crippen LogP contribution in [0.15, 0.2) is 28.8 Å². The van der Waals surface area contributed by atoms with Crippen LogP contribution in [-0.4, -0.2) is 22.5 Å². The standard InChI is InChI=1S/C14H15N3O2/c1-2-13-15-14(19-16-13)9-17-8-7-12(18)10-5-3-4-6-11(10)17/h3-6H,2,7-9H2,1H3. The third kappa shape index (κ3) is 2.23. The van der Waals surface area contributed by atoms with Gasteiger partial charge in [0.2, 0.25) is 5.89 Å². The van der Waals surface area contributed by atoms with Crippen molar-refractivity contribution in [1.29, 1.82) is 0 Å². The molecule has 0 fully saturated rings. The van der Waals surface area contributed by atoms with Gasteiger partial charge in [-0.25, -0.2) is 0 Å². The summed E-state index contributed by atoms with van der Waals surface area (Å²) in [7, 11) is 0. The predicted octanol–water partition coefficient (Wildman–Crippen LogP) is 2.22. The van der Waals surface area contributed by atoms with E-state index in [1.54, 1.807) is 0 Å². The summed E-state index contributed by atoms with van der Waals surface area (Å²) in [5.74, 6) is 1.52. The number of aryl methyl sites for hydroxylation is 1. The highest BCUT2D eigenvalue weighted by Crippen LogP contribution is 2.27. The Hall–Kier alpha value is -2.17. The van der Waals surface area contributed by atoms with Crippen molar-refractivity contribution >= 4 is 11.5 Å². The van der Waals surface area contributed by atoms with Crippen molar-refractivity contribution < 1.29 is 9.32 Å². The summed E-state index contributed by atoms with van der Waals surface area (Å²) >= 11 is 0. The minimum atomic E-state index is 0.201. The Morgan fingerprint density at radius 3 is 3.00 bits per heavy atom. The Labute approximate surface area is 111 Å². The molecule has 2 heterocycles. The van der Waals surface area contributed by atoms with E-state index in [0.29, 0.717) is 25.4 Å². The fourth-order valence-corrected chi connectivity index (χ4v) is 2.30. The predicted molar refractivity (Wildman–Crippen MR) is 70.1 cm³/mol. The number of carbonyl (C=O) groups is 1. The summed E-state index contributed by atoms with van der Waals surface area (Å²) in [5.41, 5.74) is 1.74. The Morgan fingerprint density at radius 1 is 1.37 bits per heavy atom. The molecule has 0 N–H and O–H groups in total. The summed E-state index contributed by atoms with van der Waals surface area (Å²) < 4.78 is 5.21. The van der Waals surface area contributed by atoms with Gasteiger partial charge >= 0.3 is 0 Å². The largest absolute Gasteiger partial charge is 0.361 e. The van der Waals surface area contributed by atoms with Gasteiger partial charge in [-0.2, -0.15) is 4.98 Å². The molecular weight excluding hydrogens is 242 g/mol. The minimum Gasteiger partial charge on any atom is -0.361 e. The highest BCUT2D eigenvalue weighted by Gasteiger charge is 2.23. The summed E-state index contributed by atoms with van der Waals surface area (Å²) in [4.78, 5) is 18.3. The van der Waals surface area contributed by atoms with E-state index in [1.165, 1.54) is 0 Å². The number of benzene rings is 1. The second-order valence-electron chi connectivity index (χ2n) is 4.57. The van der Waals surface area contributed by atoms with Gasteiger partial charge in [0.05, 0.1) is 6.54 Å².